The number of fused-ring (bicyclic) bond motifs is 1. The summed E-state index contributed by atoms with van der Waals surface area (Å²) in [6, 6.07) is 4.06. The molecule has 0 aliphatic heterocycles. The van der Waals surface area contributed by atoms with Crippen LogP contribution in [0.25, 0.3) is 22.3 Å². The molecule has 0 aromatic carbocycles. The van der Waals surface area contributed by atoms with Crippen LogP contribution >= 0.6 is 0 Å². The first-order valence-corrected chi connectivity index (χ1v) is 9.01. The van der Waals surface area contributed by atoms with Crippen LogP contribution in [0.15, 0.2) is 37.1 Å². The van der Waals surface area contributed by atoms with Crippen LogP contribution in [0.3, 0.4) is 0 Å². The molecule has 0 saturated heterocycles. The molecule has 0 aliphatic rings. The van der Waals surface area contributed by atoms with E-state index in [-0.39, 0.29) is 0 Å². The predicted octanol–water partition coefficient (Wildman–Crippen LogP) is 2.28. The second kappa shape index (κ2) is 6.32. The molecule has 0 saturated carbocycles. The van der Waals surface area contributed by atoms with Crippen LogP contribution < -0.4 is 0 Å². The Balaban J connectivity index is 1.81. The average Bonchev–Trinajstić information content (AvgIpc) is 3.13. The van der Waals surface area contributed by atoms with Gasteiger partial charge in [0.25, 0.3) is 0 Å². The Labute approximate surface area is 126 Å². The Morgan fingerprint density at radius 3 is 2.95 bits per heavy atom. The number of aromatic nitrogens is 4. The van der Waals surface area contributed by atoms with Gasteiger partial charge in [-0.15, -0.1) is 0 Å². The fourth-order valence-corrected chi connectivity index (χ4v) is 2.65. The Kier molecular flexibility index (Phi) is 4.26. The van der Waals surface area contributed by atoms with Gasteiger partial charge in [-0.05, 0) is 23.0 Å². The number of aromatic amines is 1. The van der Waals surface area contributed by atoms with Crippen LogP contribution in [0.2, 0.25) is 0 Å². The molecule has 0 unspecified atom stereocenters. The van der Waals surface area contributed by atoms with Gasteiger partial charge in [-0.25, -0.2) is 9.97 Å². The number of rotatable bonds is 6. The first kappa shape index (κ1) is 14.2. The van der Waals surface area contributed by atoms with Crippen molar-refractivity contribution >= 4 is 21.9 Å². The molecule has 1 N–H and O–H groups in total. The SMILES string of the molecule is C[S+](C)CCOCn1ccc2c(-c3cc[nH]c3)ncnc21. The van der Waals surface area contributed by atoms with Crippen LogP contribution in [0.4, 0.5) is 0 Å². The van der Waals surface area contributed by atoms with Crippen molar-refractivity contribution in [2.24, 2.45) is 0 Å². The van der Waals surface area contributed by atoms with Crippen molar-refractivity contribution in [1.29, 1.82) is 0 Å². The molecular weight excluding hydrogens is 284 g/mol. The summed E-state index contributed by atoms with van der Waals surface area (Å²) in [7, 11) is 0.422. The first-order chi connectivity index (χ1) is 10.3. The molecule has 3 rings (SSSR count). The minimum absolute atomic E-state index is 0.422. The van der Waals surface area contributed by atoms with Crippen LogP contribution in [0, 0.1) is 0 Å². The van der Waals surface area contributed by atoms with Gasteiger partial charge in [-0.3, -0.25) is 0 Å². The zero-order valence-electron chi connectivity index (χ0n) is 12.2. The number of hydrogen-bond donors (Lipinski definition) is 1. The molecule has 0 fully saturated rings. The maximum Gasteiger partial charge on any atom is 0.145 e. The van der Waals surface area contributed by atoms with Gasteiger partial charge in [0, 0.05) is 29.5 Å². The Bertz CT molecular complexity index is 706. The molecule has 110 valence electrons. The lowest BCUT2D eigenvalue weighted by molar-refractivity contribution is 0.0924. The van der Waals surface area contributed by atoms with Gasteiger partial charge >= 0.3 is 0 Å². The monoisotopic (exact) mass is 303 g/mol. The summed E-state index contributed by atoms with van der Waals surface area (Å²) in [5.41, 5.74) is 2.93. The lowest BCUT2D eigenvalue weighted by Crippen LogP contribution is -2.11. The van der Waals surface area contributed by atoms with Crippen LogP contribution in [-0.4, -0.2) is 44.4 Å². The highest BCUT2D eigenvalue weighted by Gasteiger charge is 2.10. The van der Waals surface area contributed by atoms with Crippen LogP contribution in [0.1, 0.15) is 0 Å². The zero-order valence-corrected chi connectivity index (χ0v) is 13.1. The van der Waals surface area contributed by atoms with E-state index >= 15 is 0 Å². The Hall–Kier alpha value is -1.79. The second-order valence-corrected chi connectivity index (χ2v) is 7.45. The molecule has 3 aromatic heterocycles. The fourth-order valence-electron chi connectivity index (χ4n) is 2.20. The molecule has 0 spiro atoms. The van der Waals surface area contributed by atoms with Gasteiger partial charge in [-0.1, -0.05) is 0 Å². The average molecular weight is 303 g/mol. The summed E-state index contributed by atoms with van der Waals surface area (Å²) < 4.78 is 7.76. The van der Waals surface area contributed by atoms with Crippen molar-refractivity contribution in [3.8, 4) is 11.3 Å². The summed E-state index contributed by atoms with van der Waals surface area (Å²) >= 11 is 0. The Morgan fingerprint density at radius 2 is 2.19 bits per heavy atom. The molecule has 0 radical (unpaired) electrons. The lowest BCUT2D eigenvalue weighted by atomic mass is 10.2. The first-order valence-electron chi connectivity index (χ1n) is 6.80. The molecule has 3 heterocycles. The van der Waals surface area contributed by atoms with Crippen molar-refractivity contribution in [2.45, 2.75) is 6.73 Å². The van der Waals surface area contributed by atoms with Gasteiger partial charge in [0.05, 0.1) is 24.8 Å². The zero-order chi connectivity index (χ0) is 14.7. The summed E-state index contributed by atoms with van der Waals surface area (Å²) in [4.78, 5) is 11.8. The maximum atomic E-state index is 5.73. The van der Waals surface area contributed by atoms with Crippen molar-refractivity contribution in [1.82, 2.24) is 19.5 Å². The van der Waals surface area contributed by atoms with E-state index in [2.05, 4.69) is 27.5 Å². The summed E-state index contributed by atoms with van der Waals surface area (Å²) in [5.74, 6) is 1.10. The molecule has 5 nitrogen and oxygen atoms in total. The number of H-pyrrole nitrogens is 1. The van der Waals surface area contributed by atoms with E-state index in [0.29, 0.717) is 17.6 Å². The number of ether oxygens (including phenoxy) is 1. The second-order valence-electron chi connectivity index (χ2n) is 5.07. The highest BCUT2D eigenvalue weighted by atomic mass is 32.2. The van der Waals surface area contributed by atoms with Gasteiger partial charge < -0.3 is 14.3 Å². The maximum absolute atomic E-state index is 5.73. The van der Waals surface area contributed by atoms with Gasteiger partial charge in [-0.2, -0.15) is 0 Å². The molecule has 21 heavy (non-hydrogen) atoms. The minimum atomic E-state index is 0.422. The quantitative estimate of drug-likeness (QED) is 0.561. The normalized spacial score (nSPS) is 11.6. The highest BCUT2D eigenvalue weighted by Crippen LogP contribution is 2.25. The molecule has 0 bridgehead atoms. The summed E-state index contributed by atoms with van der Waals surface area (Å²) in [6.07, 6.45) is 11.9. The third-order valence-electron chi connectivity index (χ3n) is 3.29. The van der Waals surface area contributed by atoms with Crippen LogP contribution in [-0.2, 0) is 22.4 Å². The molecular formula is C15H19N4OS+. The lowest BCUT2D eigenvalue weighted by Gasteiger charge is -2.06. The molecule has 0 amide bonds. The van der Waals surface area contributed by atoms with E-state index in [1.807, 2.05) is 35.3 Å². The van der Waals surface area contributed by atoms with E-state index in [1.54, 1.807) is 6.33 Å². The molecule has 6 heteroatoms. The standard InChI is InChI=1S/C15H19N4OS/c1-21(2)8-7-20-11-19-6-4-13-14(12-3-5-16-9-12)17-10-18-15(13)19/h3-6,9-10,16H,7-8,11H2,1-2H3/q+1. The summed E-state index contributed by atoms with van der Waals surface area (Å²) in [6.45, 7) is 1.32. The number of hydrogen-bond acceptors (Lipinski definition) is 3. The smallest absolute Gasteiger partial charge is 0.145 e. The van der Waals surface area contributed by atoms with Gasteiger partial charge in [0.15, 0.2) is 0 Å². The topological polar surface area (TPSA) is 55.7 Å². The van der Waals surface area contributed by atoms with E-state index < -0.39 is 0 Å². The van der Waals surface area contributed by atoms with Crippen molar-refractivity contribution in [3.63, 3.8) is 0 Å². The highest BCUT2D eigenvalue weighted by molar-refractivity contribution is 7.95. The van der Waals surface area contributed by atoms with E-state index in [1.165, 1.54) is 0 Å². The van der Waals surface area contributed by atoms with E-state index in [4.69, 9.17) is 4.74 Å². The number of nitrogens with zero attached hydrogens (tertiary/aromatic N) is 3. The molecule has 0 aliphatic carbocycles. The third-order valence-corrected chi connectivity index (χ3v) is 4.28. The van der Waals surface area contributed by atoms with E-state index in [9.17, 15) is 0 Å². The molecule has 0 atom stereocenters. The largest absolute Gasteiger partial charge is 0.367 e. The predicted molar refractivity (Wildman–Crippen MR) is 87.3 cm³/mol. The minimum Gasteiger partial charge on any atom is -0.367 e. The Morgan fingerprint density at radius 1 is 1.29 bits per heavy atom. The molecule has 3 aromatic rings. The third kappa shape index (κ3) is 3.11. The van der Waals surface area contributed by atoms with E-state index in [0.717, 1.165) is 34.7 Å². The van der Waals surface area contributed by atoms with Gasteiger partial charge in [0.1, 0.15) is 24.5 Å². The summed E-state index contributed by atoms with van der Waals surface area (Å²) in [5, 5.41) is 1.05. The van der Waals surface area contributed by atoms with Gasteiger partial charge in [0.2, 0.25) is 0 Å². The van der Waals surface area contributed by atoms with Crippen molar-refractivity contribution in [2.75, 3.05) is 24.9 Å². The van der Waals surface area contributed by atoms with Crippen molar-refractivity contribution < 1.29 is 4.74 Å². The fraction of sp³-hybridized carbons (Fsp3) is 0.333. The van der Waals surface area contributed by atoms with Crippen LogP contribution in [0.5, 0.6) is 0 Å². The van der Waals surface area contributed by atoms with Crippen molar-refractivity contribution in [3.05, 3.63) is 37.1 Å². The number of nitrogens with one attached hydrogen (secondary N) is 1.